The first-order chi connectivity index (χ1) is 7.19. The van der Waals surface area contributed by atoms with Crippen LogP contribution in [0.1, 0.15) is 24.4 Å². The van der Waals surface area contributed by atoms with Gasteiger partial charge in [-0.3, -0.25) is 0 Å². The molecule has 0 saturated carbocycles. The van der Waals surface area contributed by atoms with Gasteiger partial charge in [-0.15, -0.1) is 12.3 Å². The van der Waals surface area contributed by atoms with Gasteiger partial charge in [0.25, 0.3) is 0 Å². The number of methoxy groups -OCH3 is 1. The Hall–Kier alpha value is -1.53. The first-order valence-corrected chi connectivity index (χ1v) is 4.71. The molecule has 3 heteroatoms. The highest BCUT2D eigenvalue weighted by Crippen LogP contribution is 2.22. The number of benzene rings is 1. The van der Waals surface area contributed by atoms with Gasteiger partial charge in [0.1, 0.15) is 11.6 Å². The van der Waals surface area contributed by atoms with E-state index in [0.717, 1.165) is 0 Å². The third-order valence-corrected chi connectivity index (χ3v) is 2.21. The Morgan fingerprint density at radius 3 is 2.87 bits per heavy atom. The van der Waals surface area contributed by atoms with E-state index in [1.807, 2.05) is 0 Å². The summed E-state index contributed by atoms with van der Waals surface area (Å²) in [6.45, 7) is 0. The fraction of sp³-hybridized carbons (Fsp3) is 0.333. The van der Waals surface area contributed by atoms with Crippen molar-refractivity contribution in [1.82, 2.24) is 0 Å². The van der Waals surface area contributed by atoms with Gasteiger partial charge in [-0.1, -0.05) is 6.07 Å². The number of terminal acetylenes is 1. The zero-order chi connectivity index (χ0) is 11.3. The zero-order valence-electron chi connectivity index (χ0n) is 8.66. The predicted octanol–water partition coefficient (Wildman–Crippen LogP) is 2.25. The van der Waals surface area contributed by atoms with E-state index >= 15 is 0 Å². The summed E-state index contributed by atoms with van der Waals surface area (Å²) in [7, 11) is 1.49. The summed E-state index contributed by atoms with van der Waals surface area (Å²) in [5.41, 5.74) is 6.27. The minimum Gasteiger partial charge on any atom is -0.497 e. The van der Waals surface area contributed by atoms with Crippen LogP contribution in [-0.2, 0) is 0 Å². The van der Waals surface area contributed by atoms with E-state index in [-0.39, 0.29) is 11.9 Å². The maximum Gasteiger partial charge on any atom is 0.131 e. The smallest absolute Gasteiger partial charge is 0.131 e. The molecule has 0 bridgehead atoms. The monoisotopic (exact) mass is 207 g/mol. The second-order valence-electron chi connectivity index (χ2n) is 3.24. The Morgan fingerprint density at radius 1 is 1.60 bits per heavy atom. The topological polar surface area (TPSA) is 35.2 Å². The number of hydrogen-bond donors (Lipinski definition) is 1. The van der Waals surface area contributed by atoms with Crippen LogP contribution in [0.4, 0.5) is 4.39 Å². The maximum absolute atomic E-state index is 13.5. The quantitative estimate of drug-likeness (QED) is 0.768. The van der Waals surface area contributed by atoms with Crippen molar-refractivity contribution in [2.24, 2.45) is 5.73 Å². The summed E-state index contributed by atoms with van der Waals surface area (Å²) in [6, 6.07) is 4.29. The average molecular weight is 207 g/mol. The zero-order valence-corrected chi connectivity index (χ0v) is 8.66. The van der Waals surface area contributed by atoms with Gasteiger partial charge >= 0.3 is 0 Å². The van der Waals surface area contributed by atoms with Gasteiger partial charge in [-0.2, -0.15) is 0 Å². The van der Waals surface area contributed by atoms with E-state index in [0.29, 0.717) is 24.2 Å². The van der Waals surface area contributed by atoms with Crippen LogP contribution in [0.2, 0.25) is 0 Å². The van der Waals surface area contributed by atoms with Crippen molar-refractivity contribution in [2.45, 2.75) is 18.9 Å². The maximum atomic E-state index is 13.5. The molecule has 0 heterocycles. The molecule has 0 aromatic heterocycles. The lowest BCUT2D eigenvalue weighted by Crippen LogP contribution is -2.11. The molecule has 0 spiro atoms. The lowest BCUT2D eigenvalue weighted by atomic mass is 10.0. The van der Waals surface area contributed by atoms with E-state index in [2.05, 4.69) is 5.92 Å². The first-order valence-electron chi connectivity index (χ1n) is 4.71. The molecule has 1 atom stereocenters. The molecule has 1 aromatic rings. The molecule has 2 nitrogen and oxygen atoms in total. The van der Waals surface area contributed by atoms with Crippen molar-refractivity contribution in [3.63, 3.8) is 0 Å². The second-order valence-corrected chi connectivity index (χ2v) is 3.24. The normalized spacial score (nSPS) is 11.9. The summed E-state index contributed by atoms with van der Waals surface area (Å²) >= 11 is 0. The average Bonchev–Trinajstić information content (AvgIpc) is 2.25. The van der Waals surface area contributed by atoms with Crippen molar-refractivity contribution in [2.75, 3.05) is 7.11 Å². The fourth-order valence-electron chi connectivity index (χ4n) is 1.33. The summed E-state index contributed by atoms with van der Waals surface area (Å²) in [4.78, 5) is 0. The molecule has 15 heavy (non-hydrogen) atoms. The number of nitrogens with two attached hydrogens (primary N) is 1. The summed E-state index contributed by atoms with van der Waals surface area (Å²) in [5, 5.41) is 0. The Balaban J connectivity index is 2.81. The van der Waals surface area contributed by atoms with E-state index in [1.165, 1.54) is 13.2 Å². The SMILES string of the molecule is C#CCCC(N)c1ccc(OC)cc1F. The van der Waals surface area contributed by atoms with Gasteiger partial charge in [0.05, 0.1) is 7.11 Å². The molecular weight excluding hydrogens is 193 g/mol. The summed E-state index contributed by atoms with van der Waals surface area (Å²) in [5.74, 6) is 2.62. The van der Waals surface area contributed by atoms with Crippen molar-refractivity contribution >= 4 is 0 Å². The van der Waals surface area contributed by atoms with E-state index in [9.17, 15) is 4.39 Å². The number of rotatable bonds is 4. The molecule has 0 aliphatic rings. The largest absolute Gasteiger partial charge is 0.497 e. The van der Waals surface area contributed by atoms with Crippen LogP contribution < -0.4 is 10.5 Å². The summed E-state index contributed by atoms with van der Waals surface area (Å²) in [6.07, 6.45) is 6.25. The molecular formula is C12H14FNO. The van der Waals surface area contributed by atoms with Crippen molar-refractivity contribution in [3.05, 3.63) is 29.6 Å². The van der Waals surface area contributed by atoms with Crippen LogP contribution in [0.3, 0.4) is 0 Å². The van der Waals surface area contributed by atoms with Crippen LogP contribution in [0.25, 0.3) is 0 Å². The predicted molar refractivity (Wildman–Crippen MR) is 57.9 cm³/mol. The third-order valence-electron chi connectivity index (χ3n) is 2.21. The van der Waals surface area contributed by atoms with Crippen LogP contribution in [0.5, 0.6) is 5.75 Å². The first kappa shape index (κ1) is 11.5. The van der Waals surface area contributed by atoms with Crippen molar-refractivity contribution in [3.8, 4) is 18.1 Å². The molecule has 0 aliphatic heterocycles. The van der Waals surface area contributed by atoms with Crippen molar-refractivity contribution in [1.29, 1.82) is 0 Å². The standard InChI is InChI=1S/C12H14FNO/c1-3-4-5-12(14)10-7-6-9(15-2)8-11(10)13/h1,6-8,12H,4-5,14H2,2H3. The number of ether oxygens (including phenoxy) is 1. The highest BCUT2D eigenvalue weighted by Gasteiger charge is 2.11. The molecule has 0 fully saturated rings. The van der Waals surface area contributed by atoms with Gasteiger partial charge in [0.2, 0.25) is 0 Å². The van der Waals surface area contributed by atoms with Crippen molar-refractivity contribution < 1.29 is 9.13 Å². The third kappa shape index (κ3) is 2.97. The van der Waals surface area contributed by atoms with Crippen LogP contribution in [0.15, 0.2) is 18.2 Å². The Morgan fingerprint density at radius 2 is 2.33 bits per heavy atom. The minimum atomic E-state index is -0.355. The lowest BCUT2D eigenvalue weighted by Gasteiger charge is -2.12. The van der Waals surface area contributed by atoms with Gasteiger partial charge < -0.3 is 10.5 Å². The molecule has 1 rings (SSSR count). The molecule has 0 amide bonds. The number of halogens is 1. The second kappa shape index (κ2) is 5.38. The van der Waals surface area contributed by atoms with Crippen LogP contribution >= 0.6 is 0 Å². The van der Waals surface area contributed by atoms with Gasteiger partial charge in [-0.05, 0) is 12.5 Å². The van der Waals surface area contributed by atoms with Crippen LogP contribution in [-0.4, -0.2) is 7.11 Å². The van der Waals surface area contributed by atoms with Gasteiger partial charge in [0.15, 0.2) is 0 Å². The molecule has 1 unspecified atom stereocenters. The molecule has 2 N–H and O–H groups in total. The minimum absolute atomic E-state index is 0.348. The Labute approximate surface area is 89.2 Å². The number of hydrogen-bond acceptors (Lipinski definition) is 2. The van der Waals surface area contributed by atoms with E-state index in [4.69, 9.17) is 16.9 Å². The van der Waals surface area contributed by atoms with Gasteiger partial charge in [0, 0.05) is 24.1 Å². The molecule has 0 saturated heterocycles. The molecule has 1 aromatic carbocycles. The van der Waals surface area contributed by atoms with E-state index in [1.54, 1.807) is 12.1 Å². The highest BCUT2D eigenvalue weighted by molar-refractivity contribution is 5.30. The molecule has 0 aliphatic carbocycles. The fourth-order valence-corrected chi connectivity index (χ4v) is 1.33. The van der Waals surface area contributed by atoms with E-state index < -0.39 is 0 Å². The molecule has 0 radical (unpaired) electrons. The highest BCUT2D eigenvalue weighted by atomic mass is 19.1. The Kier molecular flexibility index (Phi) is 4.14. The molecule has 80 valence electrons. The summed E-state index contributed by atoms with van der Waals surface area (Å²) < 4.78 is 18.4. The van der Waals surface area contributed by atoms with Crippen LogP contribution in [0, 0.1) is 18.2 Å². The Bertz CT molecular complexity index is 370. The van der Waals surface area contributed by atoms with Gasteiger partial charge in [-0.25, -0.2) is 4.39 Å². The lowest BCUT2D eigenvalue weighted by molar-refractivity contribution is 0.410.